The maximum Gasteiger partial charge on any atom is 0.272 e. The summed E-state index contributed by atoms with van der Waals surface area (Å²) in [6.45, 7) is 0.206. The first kappa shape index (κ1) is 26.2. The van der Waals surface area contributed by atoms with Gasteiger partial charge in [0.25, 0.3) is 9.70 Å². The van der Waals surface area contributed by atoms with Crippen LogP contribution < -0.4 is 5.32 Å². The van der Waals surface area contributed by atoms with Gasteiger partial charge in [-0.05, 0) is 16.7 Å². The van der Waals surface area contributed by atoms with Gasteiger partial charge in [0.05, 0.1) is 18.8 Å². The number of nitrogens with one attached hydrogen (secondary N) is 2. The second-order valence-electron chi connectivity index (χ2n) is 7.87. The molecule has 2 aromatic carbocycles. The molecule has 1 aliphatic heterocycles. The summed E-state index contributed by atoms with van der Waals surface area (Å²) in [6, 6.07) is 15.2. The van der Waals surface area contributed by atoms with Crippen molar-refractivity contribution < 1.29 is 19.4 Å². The van der Waals surface area contributed by atoms with Crippen molar-refractivity contribution in [1.29, 1.82) is 0 Å². The number of aromatic nitrogens is 3. The number of amides is 1. The fourth-order valence-corrected chi connectivity index (χ4v) is 4.53. The number of benzene rings is 2. The van der Waals surface area contributed by atoms with Crippen molar-refractivity contribution in [1.82, 2.24) is 20.5 Å². The predicted molar refractivity (Wildman–Crippen MR) is 134 cm³/mol. The third-order valence-electron chi connectivity index (χ3n) is 5.38. The van der Waals surface area contributed by atoms with Gasteiger partial charge < -0.3 is 19.9 Å². The van der Waals surface area contributed by atoms with Crippen LogP contribution in [-0.2, 0) is 27.4 Å². The zero-order valence-corrected chi connectivity index (χ0v) is 21.4. The number of thioether (sulfide) groups is 1. The van der Waals surface area contributed by atoms with Crippen LogP contribution in [0, 0.1) is 0 Å². The molecule has 4 rings (SSSR count). The highest BCUT2D eigenvalue weighted by atomic mass is 35.6. The van der Waals surface area contributed by atoms with Crippen molar-refractivity contribution in [2.24, 2.45) is 0 Å². The van der Waals surface area contributed by atoms with Crippen molar-refractivity contribution >= 4 is 52.5 Å². The number of carbonyl (C=O) groups is 1. The molecule has 3 atom stereocenters. The molecule has 8 nitrogen and oxygen atoms in total. The molecule has 0 aliphatic carbocycles. The average molecular weight is 558 g/mol. The van der Waals surface area contributed by atoms with Gasteiger partial charge in [-0.1, -0.05) is 95.1 Å². The zero-order valence-electron chi connectivity index (χ0n) is 18.4. The lowest BCUT2D eigenvalue weighted by Gasteiger charge is -2.36. The minimum atomic E-state index is -2.01. The Morgan fingerprint density at radius 1 is 1.09 bits per heavy atom. The van der Waals surface area contributed by atoms with Gasteiger partial charge in [-0.3, -0.25) is 9.89 Å². The van der Waals surface area contributed by atoms with Gasteiger partial charge in [0.2, 0.25) is 0 Å². The lowest BCUT2D eigenvalue weighted by Crippen LogP contribution is -2.34. The van der Waals surface area contributed by atoms with Gasteiger partial charge in [-0.2, -0.15) is 5.10 Å². The van der Waals surface area contributed by atoms with E-state index in [9.17, 15) is 9.90 Å². The van der Waals surface area contributed by atoms with Crippen LogP contribution in [-0.4, -0.2) is 41.8 Å². The molecule has 186 valence electrons. The fourth-order valence-electron chi connectivity index (χ4n) is 3.53. The number of aromatic amines is 1. The first-order valence-electron chi connectivity index (χ1n) is 10.7. The highest BCUT2D eigenvalue weighted by Crippen LogP contribution is 2.39. The summed E-state index contributed by atoms with van der Waals surface area (Å²) >= 11 is 18.3. The van der Waals surface area contributed by atoms with E-state index in [1.165, 1.54) is 18.1 Å². The van der Waals surface area contributed by atoms with Crippen LogP contribution in [0.3, 0.4) is 0 Å². The van der Waals surface area contributed by atoms with E-state index >= 15 is 0 Å². The van der Waals surface area contributed by atoms with Crippen LogP contribution in [0.1, 0.15) is 41.1 Å². The number of halogens is 3. The fraction of sp³-hybridized carbons (Fsp3) is 0.348. The number of H-pyrrole nitrogens is 1. The van der Waals surface area contributed by atoms with Crippen molar-refractivity contribution in [3.63, 3.8) is 0 Å². The van der Waals surface area contributed by atoms with Crippen LogP contribution >= 0.6 is 46.6 Å². The van der Waals surface area contributed by atoms with Crippen LogP contribution in [0.15, 0.2) is 60.0 Å². The van der Waals surface area contributed by atoms with Crippen molar-refractivity contribution in [3.05, 3.63) is 77.1 Å². The first-order valence-corrected chi connectivity index (χ1v) is 12.9. The first-order chi connectivity index (χ1) is 16.8. The Hall–Kier alpha value is -1.85. The average Bonchev–Trinajstić information content (AvgIpc) is 3.39. The number of rotatable bonds is 8. The SMILES string of the molecule is O=C(NCc1ccc([C@@H]2O[C@H](CSc3ncn[nH]3)C[C@H](c3ccc(CO)cc3)O2)cc1)C(Cl)(Cl)Cl. The van der Waals surface area contributed by atoms with E-state index in [1.807, 2.05) is 48.5 Å². The van der Waals surface area contributed by atoms with E-state index in [1.54, 1.807) is 0 Å². The number of ether oxygens (including phenoxy) is 2. The molecule has 1 fully saturated rings. The molecule has 0 unspecified atom stereocenters. The molecule has 0 bridgehead atoms. The van der Waals surface area contributed by atoms with E-state index in [2.05, 4.69) is 20.5 Å². The predicted octanol–water partition coefficient (Wildman–Crippen LogP) is 4.62. The smallest absolute Gasteiger partial charge is 0.272 e. The third kappa shape index (κ3) is 7.33. The van der Waals surface area contributed by atoms with Crippen LogP contribution in [0.2, 0.25) is 0 Å². The van der Waals surface area contributed by atoms with Crippen LogP contribution in [0.5, 0.6) is 0 Å². The number of nitrogens with zero attached hydrogens (tertiary/aromatic N) is 2. The molecular weight excluding hydrogens is 535 g/mol. The standard InChI is InChI=1S/C23H23Cl3N4O4S/c24-23(25,26)21(32)27-10-14-1-7-17(8-2-14)20-33-18(12-35-22-28-13-29-30-22)9-19(34-20)16-5-3-15(11-31)4-6-16/h1-8,13,18-20,31H,9-12H2,(H,27,32)(H,28,29,30)/t18-,19+,20+/m0/s1. The molecule has 1 amide bonds. The van der Waals surface area contributed by atoms with Crippen LogP contribution in [0.4, 0.5) is 0 Å². The van der Waals surface area contributed by atoms with Gasteiger partial charge in [-0.15, -0.1) is 0 Å². The minimum Gasteiger partial charge on any atom is -0.392 e. The molecule has 0 radical (unpaired) electrons. The highest BCUT2D eigenvalue weighted by Gasteiger charge is 2.33. The topological polar surface area (TPSA) is 109 Å². The molecule has 2 heterocycles. The summed E-state index contributed by atoms with van der Waals surface area (Å²) in [6.07, 6.45) is 1.26. The van der Waals surface area contributed by atoms with Gasteiger partial charge >= 0.3 is 0 Å². The Morgan fingerprint density at radius 2 is 1.77 bits per heavy atom. The van der Waals surface area contributed by atoms with Gasteiger partial charge in [-0.25, -0.2) is 4.98 Å². The number of aliphatic hydroxyl groups is 1. The minimum absolute atomic E-state index is 0.0115. The van der Waals surface area contributed by atoms with E-state index in [0.29, 0.717) is 12.2 Å². The largest absolute Gasteiger partial charge is 0.392 e. The summed E-state index contributed by atoms with van der Waals surface area (Å²) in [7, 11) is 0. The normalized spacial score (nSPS) is 20.5. The number of carbonyl (C=O) groups excluding carboxylic acids is 1. The molecule has 0 saturated carbocycles. The molecular formula is C23H23Cl3N4O4S. The van der Waals surface area contributed by atoms with E-state index in [-0.39, 0.29) is 25.4 Å². The van der Waals surface area contributed by atoms with Crippen molar-refractivity contribution in [2.75, 3.05) is 5.75 Å². The van der Waals surface area contributed by atoms with Crippen molar-refractivity contribution in [2.45, 2.75) is 47.0 Å². The monoisotopic (exact) mass is 556 g/mol. The molecule has 12 heteroatoms. The molecule has 1 saturated heterocycles. The lowest BCUT2D eigenvalue weighted by molar-refractivity contribution is -0.245. The summed E-state index contributed by atoms with van der Waals surface area (Å²) in [5.74, 6) is -0.0193. The molecule has 35 heavy (non-hydrogen) atoms. The Balaban J connectivity index is 1.46. The third-order valence-corrected chi connectivity index (χ3v) is 6.90. The maximum absolute atomic E-state index is 11.8. The molecule has 3 aromatic rings. The maximum atomic E-state index is 11.8. The van der Waals surface area contributed by atoms with E-state index in [4.69, 9.17) is 44.3 Å². The molecule has 0 spiro atoms. The zero-order chi connectivity index (χ0) is 24.8. The Kier molecular flexibility index (Phi) is 8.93. The summed E-state index contributed by atoms with van der Waals surface area (Å²) < 4.78 is 10.6. The van der Waals surface area contributed by atoms with Gasteiger partial charge in [0, 0.05) is 24.3 Å². The second-order valence-corrected chi connectivity index (χ2v) is 11.2. The van der Waals surface area contributed by atoms with Crippen molar-refractivity contribution in [3.8, 4) is 0 Å². The second kappa shape index (κ2) is 11.9. The molecule has 1 aliphatic rings. The molecule has 1 aromatic heterocycles. The van der Waals surface area contributed by atoms with E-state index < -0.39 is 16.0 Å². The Bertz CT molecular complexity index is 1100. The Labute approximate surface area is 221 Å². The quantitative estimate of drug-likeness (QED) is 0.274. The number of hydrogen-bond acceptors (Lipinski definition) is 7. The Morgan fingerprint density at radius 3 is 2.40 bits per heavy atom. The summed E-state index contributed by atoms with van der Waals surface area (Å²) in [5, 5.41) is 19.4. The number of alkyl halides is 3. The summed E-state index contributed by atoms with van der Waals surface area (Å²) in [4.78, 5) is 15.9. The number of hydrogen-bond donors (Lipinski definition) is 3. The van der Waals surface area contributed by atoms with Crippen LogP contribution in [0.25, 0.3) is 0 Å². The van der Waals surface area contributed by atoms with Gasteiger partial charge in [0.15, 0.2) is 11.4 Å². The molecule has 3 N–H and O–H groups in total. The van der Waals surface area contributed by atoms with Gasteiger partial charge in [0.1, 0.15) is 6.33 Å². The summed E-state index contributed by atoms with van der Waals surface area (Å²) in [5.41, 5.74) is 3.52. The highest BCUT2D eigenvalue weighted by molar-refractivity contribution is 7.99. The van der Waals surface area contributed by atoms with E-state index in [0.717, 1.165) is 27.4 Å². The number of aliphatic hydroxyl groups excluding tert-OH is 1. The lowest BCUT2D eigenvalue weighted by atomic mass is 10.0.